The zero-order valence-electron chi connectivity index (χ0n) is 10.3. The molecule has 0 aliphatic carbocycles. The molecular weight excluding hydrogens is 313 g/mol. The molecule has 0 spiro atoms. The summed E-state index contributed by atoms with van der Waals surface area (Å²) in [6.07, 6.45) is 0. The van der Waals surface area contributed by atoms with Crippen molar-refractivity contribution in [3.05, 3.63) is 55.9 Å². The van der Waals surface area contributed by atoms with Crippen molar-refractivity contribution in [3.63, 3.8) is 0 Å². The molecule has 0 saturated heterocycles. The highest BCUT2D eigenvalue weighted by Gasteiger charge is 2.20. The van der Waals surface area contributed by atoms with Gasteiger partial charge in [0, 0.05) is 14.9 Å². The van der Waals surface area contributed by atoms with Crippen LogP contribution in [0.3, 0.4) is 0 Å². The Hall–Kier alpha value is -0.710. The van der Waals surface area contributed by atoms with Gasteiger partial charge in [0.2, 0.25) is 0 Å². The van der Waals surface area contributed by atoms with E-state index in [0.29, 0.717) is 5.56 Å². The molecule has 18 heavy (non-hydrogen) atoms. The summed E-state index contributed by atoms with van der Waals surface area (Å²) in [5.74, 6) is -0.169. The lowest BCUT2D eigenvalue weighted by atomic mass is 10.0. The van der Waals surface area contributed by atoms with Crippen LogP contribution in [0.1, 0.15) is 29.0 Å². The molecule has 0 bridgehead atoms. The van der Waals surface area contributed by atoms with Gasteiger partial charge in [-0.3, -0.25) is 0 Å². The highest BCUT2D eigenvalue weighted by molar-refractivity contribution is 9.10. The van der Waals surface area contributed by atoms with Crippen molar-refractivity contribution in [2.45, 2.75) is 19.9 Å². The number of nitrogens with one attached hydrogen (secondary N) is 1. The van der Waals surface area contributed by atoms with Crippen LogP contribution in [-0.2, 0) is 0 Å². The first-order chi connectivity index (χ1) is 8.63. The van der Waals surface area contributed by atoms with Crippen LogP contribution in [0, 0.1) is 12.7 Å². The first kappa shape index (κ1) is 13.7. The smallest absolute Gasteiger partial charge is 0.128 e. The Balaban J connectivity index is 2.48. The molecule has 4 heteroatoms. The first-order valence-electron chi connectivity index (χ1n) is 5.85. The van der Waals surface area contributed by atoms with Crippen molar-refractivity contribution in [2.75, 3.05) is 6.54 Å². The Morgan fingerprint density at radius 3 is 2.78 bits per heavy atom. The Bertz CT molecular complexity index is 538. The summed E-state index contributed by atoms with van der Waals surface area (Å²) in [4.78, 5) is 1.17. The standard InChI is InChI=1S/C14H15BrFNS/c1-3-17-13(14-9(2)6-7-18-14)11-8-10(15)4-5-12(11)16/h4-8,13,17H,3H2,1-2H3. The van der Waals surface area contributed by atoms with Crippen molar-refractivity contribution in [3.8, 4) is 0 Å². The van der Waals surface area contributed by atoms with Crippen LogP contribution in [0.2, 0.25) is 0 Å². The molecule has 1 aromatic heterocycles. The minimum absolute atomic E-state index is 0.0764. The van der Waals surface area contributed by atoms with Crippen LogP contribution in [-0.4, -0.2) is 6.54 Å². The van der Waals surface area contributed by atoms with Gasteiger partial charge in [-0.15, -0.1) is 11.3 Å². The highest BCUT2D eigenvalue weighted by atomic mass is 79.9. The van der Waals surface area contributed by atoms with E-state index in [-0.39, 0.29) is 11.9 Å². The van der Waals surface area contributed by atoms with Crippen LogP contribution in [0.4, 0.5) is 4.39 Å². The molecule has 0 radical (unpaired) electrons. The predicted octanol–water partition coefficient (Wildman–Crippen LogP) is 4.66. The lowest BCUT2D eigenvalue weighted by molar-refractivity contribution is 0.561. The summed E-state index contributed by atoms with van der Waals surface area (Å²) in [5.41, 5.74) is 1.89. The molecule has 1 N–H and O–H groups in total. The van der Waals surface area contributed by atoms with E-state index in [2.05, 4.69) is 34.2 Å². The van der Waals surface area contributed by atoms with E-state index < -0.39 is 0 Å². The van der Waals surface area contributed by atoms with Crippen molar-refractivity contribution in [1.29, 1.82) is 0 Å². The van der Waals surface area contributed by atoms with Gasteiger partial charge in [-0.05, 0) is 48.7 Å². The summed E-state index contributed by atoms with van der Waals surface area (Å²) < 4.78 is 14.9. The van der Waals surface area contributed by atoms with Crippen molar-refractivity contribution >= 4 is 27.3 Å². The molecular formula is C14H15BrFNS. The quantitative estimate of drug-likeness (QED) is 0.861. The number of aryl methyl sites for hydroxylation is 1. The lowest BCUT2D eigenvalue weighted by Crippen LogP contribution is -2.22. The van der Waals surface area contributed by atoms with Crippen molar-refractivity contribution in [1.82, 2.24) is 5.32 Å². The Morgan fingerprint density at radius 2 is 2.17 bits per heavy atom. The average Bonchev–Trinajstić information content (AvgIpc) is 2.76. The second-order valence-corrected chi connectivity index (χ2v) is 5.99. The fraction of sp³-hybridized carbons (Fsp3) is 0.286. The predicted molar refractivity (Wildman–Crippen MR) is 78.7 cm³/mol. The second kappa shape index (κ2) is 5.95. The van der Waals surface area contributed by atoms with E-state index in [1.54, 1.807) is 17.4 Å². The molecule has 96 valence electrons. The van der Waals surface area contributed by atoms with Crippen LogP contribution in [0.25, 0.3) is 0 Å². The summed E-state index contributed by atoms with van der Waals surface area (Å²) in [6, 6.07) is 7.07. The van der Waals surface area contributed by atoms with E-state index in [4.69, 9.17) is 0 Å². The number of thiophene rings is 1. The van der Waals surface area contributed by atoms with E-state index in [0.717, 1.165) is 11.0 Å². The van der Waals surface area contributed by atoms with Gasteiger partial charge in [-0.1, -0.05) is 22.9 Å². The van der Waals surface area contributed by atoms with Crippen LogP contribution in [0.5, 0.6) is 0 Å². The maximum absolute atomic E-state index is 14.0. The van der Waals surface area contributed by atoms with Crippen molar-refractivity contribution in [2.24, 2.45) is 0 Å². The molecule has 0 amide bonds. The fourth-order valence-electron chi connectivity index (χ4n) is 1.96. The summed E-state index contributed by atoms with van der Waals surface area (Å²) in [6.45, 7) is 4.89. The Kier molecular flexibility index (Phi) is 4.54. The third-order valence-electron chi connectivity index (χ3n) is 2.84. The Morgan fingerprint density at radius 1 is 1.39 bits per heavy atom. The van der Waals surface area contributed by atoms with Gasteiger partial charge >= 0.3 is 0 Å². The summed E-state index contributed by atoms with van der Waals surface area (Å²) in [5, 5.41) is 5.41. The third-order valence-corrected chi connectivity index (χ3v) is 4.42. The first-order valence-corrected chi connectivity index (χ1v) is 7.53. The SMILES string of the molecule is CCNC(c1cc(Br)ccc1F)c1sccc1C. The van der Waals surface area contributed by atoms with Gasteiger partial charge in [0.05, 0.1) is 6.04 Å². The zero-order chi connectivity index (χ0) is 13.1. The number of hydrogen-bond acceptors (Lipinski definition) is 2. The van der Waals surface area contributed by atoms with Gasteiger partial charge in [0.15, 0.2) is 0 Å². The second-order valence-electron chi connectivity index (χ2n) is 4.12. The van der Waals surface area contributed by atoms with Gasteiger partial charge in [0.25, 0.3) is 0 Å². The number of rotatable bonds is 4. The summed E-state index contributed by atoms with van der Waals surface area (Å²) >= 11 is 5.07. The minimum atomic E-state index is -0.169. The average molecular weight is 328 g/mol. The number of halogens is 2. The van der Waals surface area contributed by atoms with E-state index in [1.165, 1.54) is 16.5 Å². The van der Waals surface area contributed by atoms with Crippen LogP contribution >= 0.6 is 27.3 Å². The zero-order valence-corrected chi connectivity index (χ0v) is 12.7. The molecule has 2 rings (SSSR count). The van der Waals surface area contributed by atoms with Crippen molar-refractivity contribution < 1.29 is 4.39 Å². The topological polar surface area (TPSA) is 12.0 Å². The fourth-order valence-corrected chi connectivity index (χ4v) is 3.36. The molecule has 1 aromatic carbocycles. The highest BCUT2D eigenvalue weighted by Crippen LogP contribution is 2.32. The Labute approximate surface area is 119 Å². The monoisotopic (exact) mass is 327 g/mol. The normalized spacial score (nSPS) is 12.7. The van der Waals surface area contributed by atoms with Gasteiger partial charge in [-0.2, -0.15) is 0 Å². The third kappa shape index (κ3) is 2.82. The molecule has 0 fully saturated rings. The molecule has 0 saturated carbocycles. The van der Waals surface area contributed by atoms with Gasteiger partial charge < -0.3 is 5.32 Å². The molecule has 1 heterocycles. The van der Waals surface area contributed by atoms with Crippen LogP contribution in [0.15, 0.2) is 34.1 Å². The molecule has 1 atom stereocenters. The maximum Gasteiger partial charge on any atom is 0.128 e. The molecule has 1 unspecified atom stereocenters. The molecule has 0 aliphatic rings. The lowest BCUT2D eigenvalue weighted by Gasteiger charge is -2.19. The molecule has 0 aliphatic heterocycles. The summed E-state index contributed by atoms with van der Waals surface area (Å²) in [7, 11) is 0. The molecule has 2 aromatic rings. The van der Waals surface area contributed by atoms with Crippen LogP contribution < -0.4 is 5.32 Å². The van der Waals surface area contributed by atoms with Gasteiger partial charge in [-0.25, -0.2) is 4.39 Å². The van der Waals surface area contributed by atoms with Gasteiger partial charge in [0.1, 0.15) is 5.82 Å². The van der Waals surface area contributed by atoms with E-state index in [9.17, 15) is 4.39 Å². The number of benzene rings is 1. The van der Waals surface area contributed by atoms with E-state index >= 15 is 0 Å². The number of hydrogen-bond donors (Lipinski definition) is 1. The maximum atomic E-state index is 14.0. The molecule has 1 nitrogen and oxygen atoms in total. The van der Waals surface area contributed by atoms with E-state index in [1.807, 2.05) is 18.4 Å². The largest absolute Gasteiger partial charge is 0.306 e. The minimum Gasteiger partial charge on any atom is -0.306 e.